The molecule has 0 aliphatic carbocycles. The third-order valence-corrected chi connectivity index (χ3v) is 4.96. The molecule has 0 spiro atoms. The van der Waals surface area contributed by atoms with Gasteiger partial charge in [-0.1, -0.05) is 35.5 Å². The highest BCUT2D eigenvalue weighted by Gasteiger charge is 2.26. The summed E-state index contributed by atoms with van der Waals surface area (Å²) in [6, 6.07) is 13.9. The van der Waals surface area contributed by atoms with Gasteiger partial charge in [-0.25, -0.2) is 9.97 Å². The second kappa shape index (κ2) is 6.75. The van der Waals surface area contributed by atoms with Crippen LogP contribution in [0.25, 0.3) is 22.6 Å². The topological polar surface area (TPSA) is 80.8 Å². The second-order valence-corrected chi connectivity index (χ2v) is 6.65. The van der Waals surface area contributed by atoms with Crippen LogP contribution in [0, 0.1) is 0 Å². The summed E-state index contributed by atoms with van der Waals surface area (Å²) in [6.07, 6.45) is 5.27. The summed E-state index contributed by atoms with van der Waals surface area (Å²) in [4.78, 5) is 20.1. The summed E-state index contributed by atoms with van der Waals surface area (Å²) in [5, 5.41) is 4.15. The van der Waals surface area contributed by atoms with Crippen molar-refractivity contribution < 1.29 is 4.52 Å². The molecular formula is C20H18N6O. The van der Waals surface area contributed by atoms with Crippen LogP contribution in [0.2, 0.25) is 0 Å². The van der Waals surface area contributed by atoms with E-state index >= 15 is 0 Å². The quantitative estimate of drug-likeness (QED) is 0.555. The molecule has 0 amide bonds. The first-order valence-electron chi connectivity index (χ1n) is 9.08. The first kappa shape index (κ1) is 15.9. The monoisotopic (exact) mass is 358 g/mol. The largest absolute Gasteiger partial charge is 0.356 e. The van der Waals surface area contributed by atoms with Crippen LogP contribution < -0.4 is 4.90 Å². The molecule has 27 heavy (non-hydrogen) atoms. The number of aromatic nitrogens is 5. The highest BCUT2D eigenvalue weighted by atomic mass is 16.5. The maximum absolute atomic E-state index is 5.54. The van der Waals surface area contributed by atoms with Gasteiger partial charge in [0, 0.05) is 37.0 Å². The zero-order valence-electron chi connectivity index (χ0n) is 14.7. The SMILES string of the molecule is c1ccc(-c2noc(C3CCN(c4ccc5nccnc5n4)CC3)n2)cc1. The Labute approximate surface area is 156 Å². The Morgan fingerprint density at radius 1 is 0.889 bits per heavy atom. The zero-order valence-corrected chi connectivity index (χ0v) is 14.7. The fourth-order valence-electron chi connectivity index (χ4n) is 3.48. The first-order valence-corrected chi connectivity index (χ1v) is 9.08. The molecule has 1 aliphatic heterocycles. The van der Waals surface area contributed by atoms with Gasteiger partial charge in [0.05, 0.1) is 0 Å². The van der Waals surface area contributed by atoms with E-state index in [0.29, 0.717) is 11.5 Å². The Hall–Kier alpha value is -3.35. The van der Waals surface area contributed by atoms with Gasteiger partial charge in [-0.15, -0.1) is 0 Å². The van der Waals surface area contributed by atoms with E-state index in [4.69, 9.17) is 4.52 Å². The summed E-state index contributed by atoms with van der Waals surface area (Å²) >= 11 is 0. The lowest BCUT2D eigenvalue weighted by Crippen LogP contribution is -2.33. The summed E-state index contributed by atoms with van der Waals surface area (Å²) in [5.41, 5.74) is 2.48. The zero-order chi connectivity index (χ0) is 18.1. The molecule has 7 nitrogen and oxygen atoms in total. The lowest BCUT2D eigenvalue weighted by Gasteiger charge is -2.31. The van der Waals surface area contributed by atoms with E-state index in [0.717, 1.165) is 48.7 Å². The molecule has 134 valence electrons. The lowest BCUT2D eigenvalue weighted by atomic mass is 9.97. The van der Waals surface area contributed by atoms with Gasteiger partial charge >= 0.3 is 0 Å². The normalized spacial score (nSPS) is 15.3. The van der Waals surface area contributed by atoms with E-state index < -0.39 is 0 Å². The standard InChI is InChI=1S/C20H18N6O/c1-2-4-14(5-3-1)18-24-20(27-25-18)15-8-12-26(13-9-15)17-7-6-16-19(23-17)22-11-10-21-16/h1-7,10-11,15H,8-9,12-13H2. The molecule has 1 aromatic carbocycles. The number of anilines is 1. The van der Waals surface area contributed by atoms with Crippen molar-refractivity contribution in [1.82, 2.24) is 25.1 Å². The average molecular weight is 358 g/mol. The summed E-state index contributed by atoms with van der Waals surface area (Å²) in [7, 11) is 0. The number of piperidine rings is 1. The summed E-state index contributed by atoms with van der Waals surface area (Å²) < 4.78 is 5.54. The van der Waals surface area contributed by atoms with Crippen LogP contribution in [0.5, 0.6) is 0 Å². The van der Waals surface area contributed by atoms with Crippen molar-refractivity contribution in [3.63, 3.8) is 0 Å². The molecule has 0 unspecified atom stereocenters. The Morgan fingerprint density at radius 2 is 1.70 bits per heavy atom. The van der Waals surface area contributed by atoms with Crippen molar-refractivity contribution >= 4 is 17.0 Å². The average Bonchev–Trinajstić information content (AvgIpc) is 3.24. The molecule has 0 saturated carbocycles. The number of nitrogens with zero attached hydrogens (tertiary/aromatic N) is 6. The van der Waals surface area contributed by atoms with Crippen LogP contribution in [0.4, 0.5) is 5.82 Å². The molecule has 1 aliphatic rings. The van der Waals surface area contributed by atoms with Gasteiger partial charge in [0.2, 0.25) is 11.7 Å². The minimum atomic E-state index is 0.284. The smallest absolute Gasteiger partial charge is 0.230 e. The van der Waals surface area contributed by atoms with E-state index in [1.165, 1.54) is 0 Å². The van der Waals surface area contributed by atoms with Crippen molar-refractivity contribution in [2.75, 3.05) is 18.0 Å². The Balaban J connectivity index is 1.29. The van der Waals surface area contributed by atoms with Crippen LogP contribution in [0.15, 0.2) is 59.4 Å². The highest BCUT2D eigenvalue weighted by Crippen LogP contribution is 2.30. The molecule has 4 heterocycles. The van der Waals surface area contributed by atoms with Gasteiger partial charge in [0.25, 0.3) is 0 Å². The molecule has 5 rings (SSSR count). The third kappa shape index (κ3) is 3.12. The number of fused-ring (bicyclic) bond motifs is 1. The number of hydrogen-bond acceptors (Lipinski definition) is 7. The third-order valence-electron chi connectivity index (χ3n) is 4.96. The highest BCUT2D eigenvalue weighted by molar-refractivity contribution is 5.71. The number of rotatable bonds is 3. The Morgan fingerprint density at radius 3 is 2.56 bits per heavy atom. The molecule has 4 aromatic rings. The second-order valence-electron chi connectivity index (χ2n) is 6.65. The van der Waals surface area contributed by atoms with Crippen molar-refractivity contribution in [3.05, 3.63) is 60.7 Å². The lowest BCUT2D eigenvalue weighted by molar-refractivity contribution is 0.329. The minimum absolute atomic E-state index is 0.284. The Kier molecular flexibility index (Phi) is 3.97. The molecule has 0 radical (unpaired) electrons. The molecule has 7 heteroatoms. The summed E-state index contributed by atoms with van der Waals surface area (Å²) in [5.74, 6) is 2.61. The van der Waals surface area contributed by atoms with Crippen LogP contribution in [0.3, 0.4) is 0 Å². The van der Waals surface area contributed by atoms with Gasteiger partial charge in [-0.05, 0) is 25.0 Å². The molecule has 1 fully saturated rings. The van der Waals surface area contributed by atoms with E-state index in [2.05, 4.69) is 30.0 Å². The van der Waals surface area contributed by atoms with Gasteiger partial charge in [0.15, 0.2) is 5.65 Å². The van der Waals surface area contributed by atoms with Gasteiger partial charge in [0.1, 0.15) is 11.3 Å². The van der Waals surface area contributed by atoms with Crippen molar-refractivity contribution in [3.8, 4) is 11.4 Å². The first-order chi connectivity index (χ1) is 13.4. The summed E-state index contributed by atoms with van der Waals surface area (Å²) in [6.45, 7) is 1.79. The van der Waals surface area contributed by atoms with Gasteiger partial charge in [-0.2, -0.15) is 4.98 Å². The number of pyridine rings is 1. The van der Waals surface area contributed by atoms with E-state index in [1.807, 2.05) is 42.5 Å². The van der Waals surface area contributed by atoms with Crippen molar-refractivity contribution in [1.29, 1.82) is 0 Å². The molecular weight excluding hydrogens is 340 g/mol. The van der Waals surface area contributed by atoms with Crippen LogP contribution in [-0.4, -0.2) is 38.2 Å². The number of benzene rings is 1. The molecule has 0 N–H and O–H groups in total. The minimum Gasteiger partial charge on any atom is -0.356 e. The number of hydrogen-bond donors (Lipinski definition) is 0. The predicted molar refractivity (Wildman–Crippen MR) is 101 cm³/mol. The molecule has 0 bridgehead atoms. The maximum atomic E-state index is 5.54. The molecule has 1 saturated heterocycles. The maximum Gasteiger partial charge on any atom is 0.230 e. The van der Waals surface area contributed by atoms with Crippen molar-refractivity contribution in [2.45, 2.75) is 18.8 Å². The van der Waals surface area contributed by atoms with Gasteiger partial charge < -0.3 is 9.42 Å². The van der Waals surface area contributed by atoms with E-state index in [1.54, 1.807) is 12.4 Å². The fourth-order valence-corrected chi connectivity index (χ4v) is 3.48. The van der Waals surface area contributed by atoms with Crippen LogP contribution >= 0.6 is 0 Å². The van der Waals surface area contributed by atoms with E-state index in [9.17, 15) is 0 Å². The van der Waals surface area contributed by atoms with Crippen LogP contribution in [0.1, 0.15) is 24.7 Å². The van der Waals surface area contributed by atoms with Crippen LogP contribution in [-0.2, 0) is 0 Å². The molecule has 3 aromatic heterocycles. The predicted octanol–water partition coefficient (Wildman–Crippen LogP) is 3.46. The molecule has 0 atom stereocenters. The van der Waals surface area contributed by atoms with E-state index in [-0.39, 0.29) is 5.92 Å². The Bertz CT molecular complexity index is 1060. The van der Waals surface area contributed by atoms with Gasteiger partial charge in [-0.3, -0.25) is 4.98 Å². The fraction of sp³-hybridized carbons (Fsp3) is 0.250. The van der Waals surface area contributed by atoms with Crippen molar-refractivity contribution in [2.24, 2.45) is 0 Å².